The number of fused-ring (bicyclic) bond motifs is 1. The maximum absolute atomic E-state index is 13.7. The van der Waals surface area contributed by atoms with E-state index < -0.39 is 35.8 Å². The number of aliphatic hydroxyl groups is 1. The molecule has 0 saturated heterocycles. The minimum Gasteiger partial charge on any atom is -0.494 e. The second-order valence-electron chi connectivity index (χ2n) is 9.21. The predicted octanol–water partition coefficient (Wildman–Crippen LogP) is 4.60. The Balaban J connectivity index is 1.93. The Morgan fingerprint density at radius 2 is 1.85 bits per heavy atom. The van der Waals surface area contributed by atoms with Crippen LogP contribution in [0.25, 0.3) is 0 Å². The highest BCUT2D eigenvalue weighted by Crippen LogP contribution is 2.43. The van der Waals surface area contributed by atoms with E-state index in [1.807, 2.05) is 39.0 Å². The van der Waals surface area contributed by atoms with Gasteiger partial charge in [0.05, 0.1) is 24.9 Å². The minimum atomic E-state index is -4.57. The van der Waals surface area contributed by atoms with Crippen molar-refractivity contribution in [3.8, 4) is 5.75 Å². The Bertz CT molecular complexity index is 1020. The van der Waals surface area contributed by atoms with Gasteiger partial charge in [-0.1, -0.05) is 45.0 Å². The number of benzene rings is 2. The van der Waals surface area contributed by atoms with Crippen molar-refractivity contribution in [2.75, 3.05) is 19.5 Å². The monoisotopic (exact) mass is 465 g/mol. The molecule has 0 radical (unpaired) electrons. The Morgan fingerprint density at radius 1 is 1.18 bits per heavy atom. The van der Waals surface area contributed by atoms with Gasteiger partial charge in [0.15, 0.2) is 0 Å². The smallest absolute Gasteiger partial charge is 0.408 e. The van der Waals surface area contributed by atoms with Crippen LogP contribution in [0, 0.1) is 0 Å². The van der Waals surface area contributed by atoms with E-state index in [9.17, 15) is 23.1 Å². The fourth-order valence-corrected chi connectivity index (χ4v) is 4.15. The van der Waals surface area contributed by atoms with Crippen LogP contribution >= 0.6 is 0 Å². The zero-order valence-corrected chi connectivity index (χ0v) is 19.3. The summed E-state index contributed by atoms with van der Waals surface area (Å²) in [5, 5.41) is 18.2. The van der Waals surface area contributed by atoms with Gasteiger partial charge in [0.1, 0.15) is 11.8 Å². The summed E-state index contributed by atoms with van der Waals surface area (Å²) in [5.41, 5.74) is 1.80. The normalized spacial score (nSPS) is 19.1. The molecule has 0 unspecified atom stereocenters. The summed E-state index contributed by atoms with van der Waals surface area (Å²) in [7, 11) is 2.49. The second-order valence-corrected chi connectivity index (χ2v) is 9.21. The Morgan fingerprint density at radius 3 is 2.39 bits per heavy atom. The van der Waals surface area contributed by atoms with Gasteiger partial charge in [-0.25, -0.2) is 4.79 Å². The molecule has 6 nitrogen and oxygen atoms in total. The minimum absolute atomic E-state index is 0.0786. The molecule has 9 heteroatoms. The standard InChI is InChI=1S/C24H30F3N3O3/c1-23(2,3)14-11-16(21(28-4)24(25,26)27)20(33-5)18(12-14)30-22(32)29-17-10-13-8-6-7-9-15(13)19(17)31/h6-9,11-12,17,19,21,28,31H,10H2,1-5H3,(H2,29,30,32)/t17-,19+,21-/m1/s1. The van der Waals surface area contributed by atoms with Crippen LogP contribution in [0.1, 0.15) is 55.2 Å². The van der Waals surface area contributed by atoms with Crippen LogP contribution in [0.4, 0.5) is 23.7 Å². The molecule has 0 heterocycles. The summed E-state index contributed by atoms with van der Waals surface area (Å²) in [6.45, 7) is 5.61. The van der Waals surface area contributed by atoms with Crippen molar-refractivity contribution in [1.29, 1.82) is 0 Å². The van der Waals surface area contributed by atoms with E-state index in [1.54, 1.807) is 12.1 Å². The number of aliphatic hydroxyl groups excluding tert-OH is 1. The van der Waals surface area contributed by atoms with Gasteiger partial charge < -0.3 is 25.8 Å². The molecule has 3 rings (SSSR count). The van der Waals surface area contributed by atoms with Crippen molar-refractivity contribution in [2.45, 2.75) is 57.0 Å². The molecule has 33 heavy (non-hydrogen) atoms. The quantitative estimate of drug-likeness (QED) is 0.520. The molecular weight excluding hydrogens is 435 g/mol. The highest BCUT2D eigenvalue weighted by Gasteiger charge is 2.42. The van der Waals surface area contributed by atoms with Crippen LogP contribution < -0.4 is 20.7 Å². The fourth-order valence-electron chi connectivity index (χ4n) is 4.15. The fraction of sp³-hybridized carbons (Fsp3) is 0.458. The lowest BCUT2D eigenvalue weighted by molar-refractivity contribution is -0.156. The van der Waals surface area contributed by atoms with Crippen LogP contribution in [0.3, 0.4) is 0 Å². The zero-order chi connectivity index (χ0) is 24.6. The highest BCUT2D eigenvalue weighted by atomic mass is 19.4. The molecule has 4 N–H and O–H groups in total. The van der Waals surface area contributed by atoms with Crippen molar-refractivity contribution in [3.63, 3.8) is 0 Å². The number of amides is 2. The number of carbonyl (C=O) groups is 1. The molecule has 3 atom stereocenters. The van der Waals surface area contributed by atoms with Crippen molar-refractivity contribution >= 4 is 11.7 Å². The lowest BCUT2D eigenvalue weighted by Crippen LogP contribution is -2.40. The number of rotatable bonds is 5. The maximum atomic E-state index is 13.7. The number of urea groups is 1. The first-order valence-corrected chi connectivity index (χ1v) is 10.7. The number of carbonyl (C=O) groups excluding carboxylic acids is 1. The van der Waals surface area contributed by atoms with Crippen LogP contribution in [0.5, 0.6) is 5.75 Å². The van der Waals surface area contributed by atoms with Crippen LogP contribution in [0.2, 0.25) is 0 Å². The second kappa shape index (κ2) is 9.23. The summed E-state index contributed by atoms with van der Waals surface area (Å²) in [4.78, 5) is 12.8. The van der Waals surface area contributed by atoms with E-state index in [2.05, 4.69) is 16.0 Å². The number of nitrogens with one attached hydrogen (secondary N) is 3. The molecule has 0 aliphatic heterocycles. The van der Waals surface area contributed by atoms with Crippen molar-refractivity contribution in [1.82, 2.24) is 10.6 Å². The predicted molar refractivity (Wildman–Crippen MR) is 121 cm³/mol. The average molecular weight is 466 g/mol. The van der Waals surface area contributed by atoms with E-state index in [0.29, 0.717) is 12.0 Å². The molecule has 0 saturated carbocycles. The first-order chi connectivity index (χ1) is 15.4. The van der Waals surface area contributed by atoms with E-state index in [1.165, 1.54) is 20.2 Å². The molecule has 2 aromatic carbocycles. The van der Waals surface area contributed by atoms with Crippen molar-refractivity contribution in [3.05, 3.63) is 58.7 Å². The number of hydrogen-bond donors (Lipinski definition) is 4. The van der Waals surface area contributed by atoms with Gasteiger partial charge in [-0.15, -0.1) is 0 Å². The zero-order valence-electron chi connectivity index (χ0n) is 19.3. The van der Waals surface area contributed by atoms with Crippen LogP contribution in [-0.2, 0) is 11.8 Å². The van der Waals surface area contributed by atoms with Crippen molar-refractivity contribution in [2.24, 2.45) is 0 Å². The molecule has 2 aromatic rings. The number of anilines is 1. The van der Waals surface area contributed by atoms with Crippen molar-refractivity contribution < 1.29 is 27.8 Å². The largest absolute Gasteiger partial charge is 0.494 e. The third kappa shape index (κ3) is 5.25. The Hall–Kier alpha value is -2.78. The summed E-state index contributed by atoms with van der Waals surface area (Å²) in [5.74, 6) is -0.0786. The first-order valence-electron chi connectivity index (χ1n) is 10.7. The van der Waals surface area contributed by atoms with E-state index >= 15 is 0 Å². The first kappa shape index (κ1) is 24.9. The molecule has 1 aliphatic carbocycles. The SMILES string of the molecule is CN[C@H](c1cc(C(C)(C)C)cc(NC(=O)N[C@@H]2Cc3ccccc3[C@@H]2O)c1OC)C(F)(F)F. The molecule has 0 fully saturated rings. The van der Waals surface area contributed by atoms with Gasteiger partial charge in [-0.2, -0.15) is 13.2 Å². The summed E-state index contributed by atoms with van der Waals surface area (Å²) in [6.07, 6.45) is -4.99. The third-order valence-corrected chi connectivity index (χ3v) is 5.87. The van der Waals surface area contributed by atoms with Gasteiger partial charge in [-0.05, 0) is 47.7 Å². The van der Waals surface area contributed by atoms with Gasteiger partial charge in [-0.3, -0.25) is 0 Å². The van der Waals surface area contributed by atoms with E-state index in [-0.39, 0.29) is 17.0 Å². The molecule has 180 valence electrons. The average Bonchev–Trinajstić information content (AvgIpc) is 3.02. The molecule has 0 aromatic heterocycles. The van der Waals surface area contributed by atoms with Gasteiger partial charge in [0, 0.05) is 5.56 Å². The number of ether oxygens (including phenoxy) is 1. The van der Waals surface area contributed by atoms with E-state index in [4.69, 9.17) is 4.74 Å². The number of hydrogen-bond acceptors (Lipinski definition) is 4. The Labute approximate surface area is 191 Å². The number of halogens is 3. The number of alkyl halides is 3. The summed E-state index contributed by atoms with van der Waals surface area (Å²) < 4.78 is 46.6. The van der Waals surface area contributed by atoms with Crippen LogP contribution in [0.15, 0.2) is 36.4 Å². The van der Waals surface area contributed by atoms with Gasteiger partial charge >= 0.3 is 12.2 Å². The maximum Gasteiger partial charge on any atom is 0.408 e. The lowest BCUT2D eigenvalue weighted by Gasteiger charge is -2.28. The van der Waals surface area contributed by atoms with Crippen LogP contribution in [-0.4, -0.2) is 37.5 Å². The van der Waals surface area contributed by atoms with E-state index in [0.717, 1.165) is 11.1 Å². The molecule has 0 spiro atoms. The lowest BCUT2D eigenvalue weighted by atomic mass is 9.84. The summed E-state index contributed by atoms with van der Waals surface area (Å²) in [6, 6.07) is 7.24. The van der Waals surface area contributed by atoms with Gasteiger partial charge in [0.2, 0.25) is 0 Å². The molecular formula is C24H30F3N3O3. The third-order valence-electron chi connectivity index (χ3n) is 5.87. The topological polar surface area (TPSA) is 82.6 Å². The highest BCUT2D eigenvalue weighted by molar-refractivity contribution is 5.92. The molecule has 0 bridgehead atoms. The molecule has 2 amide bonds. The van der Waals surface area contributed by atoms with Gasteiger partial charge in [0.25, 0.3) is 0 Å². The summed E-state index contributed by atoms with van der Waals surface area (Å²) >= 11 is 0. The number of methoxy groups -OCH3 is 1. The Kier molecular flexibility index (Phi) is 6.95. The molecule has 1 aliphatic rings.